The number of hydrogen-bond donors (Lipinski definition) is 2. The highest BCUT2D eigenvalue weighted by Crippen LogP contribution is 2.32. The van der Waals surface area contributed by atoms with E-state index in [0.717, 1.165) is 40.7 Å². The number of pyridine rings is 1. The number of fused-ring (bicyclic) bond motifs is 1. The Labute approximate surface area is 120 Å². The molecule has 0 saturated heterocycles. The van der Waals surface area contributed by atoms with Crippen LogP contribution in [0.15, 0.2) is 24.3 Å². The van der Waals surface area contributed by atoms with Gasteiger partial charge in [-0.15, -0.1) is 0 Å². The molecular formula is C17H23N3. The summed E-state index contributed by atoms with van der Waals surface area (Å²) < 4.78 is 0. The van der Waals surface area contributed by atoms with Crippen molar-refractivity contribution in [2.45, 2.75) is 33.1 Å². The Balaban J connectivity index is 1.88. The van der Waals surface area contributed by atoms with Crippen molar-refractivity contribution in [3.63, 3.8) is 0 Å². The van der Waals surface area contributed by atoms with Gasteiger partial charge in [-0.2, -0.15) is 0 Å². The van der Waals surface area contributed by atoms with Gasteiger partial charge in [0.2, 0.25) is 0 Å². The van der Waals surface area contributed by atoms with E-state index in [2.05, 4.69) is 23.3 Å². The van der Waals surface area contributed by atoms with Gasteiger partial charge in [0, 0.05) is 29.0 Å². The van der Waals surface area contributed by atoms with Crippen LogP contribution in [0.3, 0.4) is 0 Å². The molecule has 1 aliphatic rings. The molecule has 3 N–H and O–H groups in total. The molecule has 1 heterocycles. The Kier molecular flexibility index (Phi) is 3.51. The molecule has 0 radical (unpaired) electrons. The number of rotatable bonds is 3. The van der Waals surface area contributed by atoms with E-state index in [1.807, 2.05) is 25.1 Å². The van der Waals surface area contributed by atoms with Gasteiger partial charge in [0.25, 0.3) is 0 Å². The summed E-state index contributed by atoms with van der Waals surface area (Å²) in [5.41, 5.74) is 9.93. The summed E-state index contributed by atoms with van der Waals surface area (Å²) in [7, 11) is 0. The van der Waals surface area contributed by atoms with Crippen molar-refractivity contribution in [2.24, 2.45) is 11.8 Å². The molecule has 3 heteroatoms. The molecule has 2 unspecified atom stereocenters. The molecule has 3 nitrogen and oxygen atoms in total. The Morgan fingerprint density at radius 1 is 1.30 bits per heavy atom. The van der Waals surface area contributed by atoms with Crippen LogP contribution in [0.25, 0.3) is 10.9 Å². The lowest BCUT2D eigenvalue weighted by atomic mass is 9.98. The monoisotopic (exact) mass is 269 g/mol. The van der Waals surface area contributed by atoms with Crippen LogP contribution in [0.1, 0.15) is 31.9 Å². The minimum absolute atomic E-state index is 0.791. The van der Waals surface area contributed by atoms with E-state index in [-0.39, 0.29) is 0 Å². The molecule has 1 aromatic heterocycles. The third kappa shape index (κ3) is 2.58. The van der Waals surface area contributed by atoms with E-state index in [4.69, 9.17) is 5.73 Å². The number of nitrogens with zero attached hydrogens (tertiary/aromatic N) is 1. The molecule has 0 amide bonds. The molecule has 1 aliphatic carbocycles. The Morgan fingerprint density at radius 3 is 2.90 bits per heavy atom. The minimum atomic E-state index is 0.791. The highest BCUT2D eigenvalue weighted by molar-refractivity contribution is 5.93. The van der Waals surface area contributed by atoms with Crippen LogP contribution in [0.5, 0.6) is 0 Å². The van der Waals surface area contributed by atoms with E-state index in [9.17, 15) is 0 Å². The van der Waals surface area contributed by atoms with E-state index in [1.165, 1.54) is 24.9 Å². The molecule has 2 atom stereocenters. The van der Waals surface area contributed by atoms with Crippen LogP contribution in [0.2, 0.25) is 0 Å². The number of nitrogens with one attached hydrogen (secondary N) is 1. The Bertz CT molecular complexity index is 621. The minimum Gasteiger partial charge on any atom is -0.399 e. The van der Waals surface area contributed by atoms with Crippen LogP contribution in [-0.4, -0.2) is 11.5 Å². The maximum Gasteiger partial charge on any atom is 0.0727 e. The first kappa shape index (κ1) is 13.2. The number of benzene rings is 1. The first-order valence-corrected chi connectivity index (χ1v) is 7.54. The van der Waals surface area contributed by atoms with Crippen LogP contribution >= 0.6 is 0 Å². The van der Waals surface area contributed by atoms with Crippen molar-refractivity contribution < 1.29 is 0 Å². The van der Waals surface area contributed by atoms with Gasteiger partial charge in [-0.05, 0) is 49.4 Å². The average Bonchev–Trinajstić information content (AvgIpc) is 2.82. The van der Waals surface area contributed by atoms with Gasteiger partial charge in [0.1, 0.15) is 0 Å². The zero-order chi connectivity index (χ0) is 14.1. The summed E-state index contributed by atoms with van der Waals surface area (Å²) in [4.78, 5) is 4.58. The molecule has 1 aromatic carbocycles. The quantitative estimate of drug-likeness (QED) is 0.829. The summed E-state index contributed by atoms with van der Waals surface area (Å²) in [5.74, 6) is 1.63. The summed E-state index contributed by atoms with van der Waals surface area (Å²) in [6.07, 6.45) is 4.09. The molecule has 2 aromatic rings. The molecule has 20 heavy (non-hydrogen) atoms. The van der Waals surface area contributed by atoms with Gasteiger partial charge in [-0.25, -0.2) is 0 Å². The lowest BCUT2D eigenvalue weighted by Gasteiger charge is -2.18. The van der Waals surface area contributed by atoms with Gasteiger partial charge in [-0.1, -0.05) is 19.8 Å². The molecule has 0 bridgehead atoms. The lowest BCUT2D eigenvalue weighted by molar-refractivity contribution is 0.440. The number of aromatic nitrogens is 1. The van der Waals surface area contributed by atoms with E-state index >= 15 is 0 Å². The molecular weight excluding hydrogens is 246 g/mol. The van der Waals surface area contributed by atoms with Gasteiger partial charge >= 0.3 is 0 Å². The topological polar surface area (TPSA) is 50.9 Å². The second kappa shape index (κ2) is 5.31. The van der Waals surface area contributed by atoms with Crippen molar-refractivity contribution in [2.75, 3.05) is 17.6 Å². The highest BCUT2D eigenvalue weighted by atomic mass is 14.9. The summed E-state index contributed by atoms with van der Waals surface area (Å²) in [6, 6.07) is 8.06. The highest BCUT2D eigenvalue weighted by Gasteiger charge is 2.23. The van der Waals surface area contributed by atoms with Crippen molar-refractivity contribution in [1.29, 1.82) is 0 Å². The fraction of sp³-hybridized carbons (Fsp3) is 0.471. The first-order chi connectivity index (χ1) is 9.63. The van der Waals surface area contributed by atoms with Crippen molar-refractivity contribution in [1.82, 2.24) is 4.98 Å². The predicted octanol–water partition coefficient (Wildman–Crippen LogP) is 3.97. The molecule has 1 fully saturated rings. The number of anilines is 2. The van der Waals surface area contributed by atoms with Crippen molar-refractivity contribution in [3.05, 3.63) is 30.0 Å². The first-order valence-electron chi connectivity index (χ1n) is 7.54. The third-order valence-corrected chi connectivity index (χ3v) is 4.55. The van der Waals surface area contributed by atoms with E-state index in [1.54, 1.807) is 0 Å². The van der Waals surface area contributed by atoms with Gasteiger partial charge in [0.05, 0.1) is 5.52 Å². The van der Waals surface area contributed by atoms with Crippen LogP contribution in [0.4, 0.5) is 11.4 Å². The Morgan fingerprint density at radius 2 is 2.15 bits per heavy atom. The van der Waals surface area contributed by atoms with Crippen LogP contribution in [-0.2, 0) is 0 Å². The number of nitrogens with two attached hydrogens (primary N) is 1. The fourth-order valence-corrected chi connectivity index (χ4v) is 3.29. The molecule has 1 saturated carbocycles. The van der Waals surface area contributed by atoms with Gasteiger partial charge in [0.15, 0.2) is 0 Å². The van der Waals surface area contributed by atoms with Gasteiger partial charge < -0.3 is 11.1 Å². The normalized spacial score (nSPS) is 22.3. The SMILES string of the molecule is Cc1cc(NCC2CCCC2C)c2cc(N)ccc2n1. The molecule has 0 spiro atoms. The fourth-order valence-electron chi connectivity index (χ4n) is 3.29. The molecule has 106 valence electrons. The second-order valence-electron chi connectivity index (χ2n) is 6.14. The number of hydrogen-bond acceptors (Lipinski definition) is 3. The maximum absolute atomic E-state index is 5.92. The lowest BCUT2D eigenvalue weighted by Crippen LogP contribution is -2.16. The van der Waals surface area contributed by atoms with Crippen molar-refractivity contribution in [3.8, 4) is 0 Å². The summed E-state index contributed by atoms with van der Waals surface area (Å²) in [5, 5.41) is 4.76. The summed E-state index contributed by atoms with van der Waals surface area (Å²) in [6.45, 7) is 5.46. The largest absolute Gasteiger partial charge is 0.399 e. The standard InChI is InChI=1S/C17H23N3/c1-11-4-3-5-13(11)10-19-17-8-12(2)20-16-7-6-14(18)9-15(16)17/h6-9,11,13H,3-5,10,18H2,1-2H3,(H,19,20). The molecule has 0 aliphatic heterocycles. The predicted molar refractivity (Wildman–Crippen MR) is 85.9 cm³/mol. The maximum atomic E-state index is 5.92. The second-order valence-corrected chi connectivity index (χ2v) is 6.14. The molecule has 3 rings (SSSR count). The Hall–Kier alpha value is -1.77. The zero-order valence-electron chi connectivity index (χ0n) is 12.3. The van der Waals surface area contributed by atoms with Crippen LogP contribution in [0, 0.1) is 18.8 Å². The van der Waals surface area contributed by atoms with Gasteiger partial charge in [-0.3, -0.25) is 4.98 Å². The average molecular weight is 269 g/mol. The third-order valence-electron chi connectivity index (χ3n) is 4.55. The number of nitrogen functional groups attached to an aromatic ring is 1. The summed E-state index contributed by atoms with van der Waals surface area (Å²) >= 11 is 0. The van der Waals surface area contributed by atoms with E-state index in [0.29, 0.717) is 0 Å². The van der Waals surface area contributed by atoms with E-state index < -0.39 is 0 Å². The van der Waals surface area contributed by atoms with Crippen LogP contribution < -0.4 is 11.1 Å². The smallest absolute Gasteiger partial charge is 0.0727 e. The number of aryl methyl sites for hydroxylation is 1. The van der Waals surface area contributed by atoms with Crippen molar-refractivity contribution >= 4 is 22.3 Å². The zero-order valence-corrected chi connectivity index (χ0v) is 12.3.